The van der Waals surface area contributed by atoms with E-state index in [1.807, 2.05) is 31.2 Å². The van der Waals surface area contributed by atoms with Crippen molar-refractivity contribution in [2.45, 2.75) is 19.4 Å². The van der Waals surface area contributed by atoms with Gasteiger partial charge in [-0.1, -0.05) is 47.5 Å². The molecule has 0 amide bonds. The molecular formula is C15H14ClFO. The van der Waals surface area contributed by atoms with Crippen molar-refractivity contribution in [3.05, 3.63) is 70.0 Å². The average molecular weight is 265 g/mol. The summed E-state index contributed by atoms with van der Waals surface area (Å²) in [4.78, 5) is 0. The predicted molar refractivity (Wildman–Crippen MR) is 71.3 cm³/mol. The maximum Gasteiger partial charge on any atom is 0.127 e. The number of rotatable bonds is 3. The minimum atomic E-state index is -0.750. The summed E-state index contributed by atoms with van der Waals surface area (Å²) in [7, 11) is 0. The summed E-state index contributed by atoms with van der Waals surface area (Å²) in [5.41, 5.74) is 2.24. The second-order valence-electron chi connectivity index (χ2n) is 4.33. The molecule has 94 valence electrons. The lowest BCUT2D eigenvalue weighted by atomic mass is 10.0. The van der Waals surface area contributed by atoms with E-state index in [0.717, 1.165) is 11.1 Å². The molecule has 3 heteroatoms. The second-order valence-corrected chi connectivity index (χ2v) is 4.74. The van der Waals surface area contributed by atoms with Crippen molar-refractivity contribution in [2.24, 2.45) is 0 Å². The molecule has 0 spiro atoms. The summed E-state index contributed by atoms with van der Waals surface area (Å²) in [6.07, 6.45) is -0.575. The number of benzene rings is 2. The number of aryl methyl sites for hydroxylation is 1. The predicted octanol–water partition coefficient (Wildman–Crippen LogP) is 4.06. The Morgan fingerprint density at radius 3 is 2.44 bits per heavy atom. The highest BCUT2D eigenvalue weighted by atomic mass is 35.5. The minimum absolute atomic E-state index is 0.175. The maximum atomic E-state index is 13.6. The fraction of sp³-hybridized carbons (Fsp3) is 0.200. The fourth-order valence-corrected chi connectivity index (χ4v) is 2.07. The molecule has 1 atom stereocenters. The molecular weight excluding hydrogens is 251 g/mol. The van der Waals surface area contributed by atoms with E-state index in [2.05, 4.69) is 0 Å². The summed E-state index contributed by atoms with van der Waals surface area (Å²) in [5, 5.41) is 10.4. The summed E-state index contributed by atoms with van der Waals surface area (Å²) in [5.74, 6) is -0.381. The number of aliphatic hydroxyl groups is 1. The first-order chi connectivity index (χ1) is 8.58. The molecule has 1 nitrogen and oxygen atoms in total. The molecule has 2 aromatic carbocycles. The van der Waals surface area contributed by atoms with Gasteiger partial charge in [0.2, 0.25) is 0 Å². The van der Waals surface area contributed by atoms with Gasteiger partial charge >= 0.3 is 0 Å². The molecule has 0 aliphatic heterocycles. The molecule has 1 N–H and O–H groups in total. The molecule has 2 aromatic rings. The molecule has 0 bridgehead atoms. The molecule has 0 heterocycles. The van der Waals surface area contributed by atoms with Gasteiger partial charge in [0.1, 0.15) is 5.82 Å². The van der Waals surface area contributed by atoms with Crippen molar-refractivity contribution < 1.29 is 9.50 Å². The summed E-state index contributed by atoms with van der Waals surface area (Å²) < 4.78 is 13.6. The van der Waals surface area contributed by atoms with Crippen LogP contribution >= 0.6 is 11.6 Å². The van der Waals surface area contributed by atoms with Gasteiger partial charge in [-0.3, -0.25) is 0 Å². The van der Waals surface area contributed by atoms with Crippen molar-refractivity contribution >= 4 is 11.6 Å². The quantitative estimate of drug-likeness (QED) is 0.886. The van der Waals surface area contributed by atoms with Gasteiger partial charge in [-0.2, -0.15) is 0 Å². The van der Waals surface area contributed by atoms with Crippen LogP contribution in [0.15, 0.2) is 42.5 Å². The topological polar surface area (TPSA) is 20.2 Å². The Hall–Kier alpha value is -1.38. The van der Waals surface area contributed by atoms with Gasteiger partial charge in [0.15, 0.2) is 0 Å². The minimum Gasteiger partial charge on any atom is -0.388 e. The van der Waals surface area contributed by atoms with Gasteiger partial charge in [-0.25, -0.2) is 4.39 Å². The first-order valence-electron chi connectivity index (χ1n) is 5.75. The van der Waals surface area contributed by atoms with E-state index in [4.69, 9.17) is 11.6 Å². The summed E-state index contributed by atoms with van der Waals surface area (Å²) in [6, 6.07) is 12.1. The van der Waals surface area contributed by atoms with Crippen LogP contribution in [0.5, 0.6) is 0 Å². The highest BCUT2D eigenvalue weighted by Crippen LogP contribution is 2.25. The van der Waals surface area contributed by atoms with Crippen LogP contribution in [0.1, 0.15) is 22.8 Å². The van der Waals surface area contributed by atoms with Gasteiger partial charge < -0.3 is 5.11 Å². The van der Waals surface area contributed by atoms with E-state index in [0.29, 0.717) is 10.6 Å². The molecule has 1 unspecified atom stereocenters. The largest absolute Gasteiger partial charge is 0.388 e. The van der Waals surface area contributed by atoms with Crippen LogP contribution in [-0.2, 0) is 6.42 Å². The molecule has 0 fully saturated rings. The van der Waals surface area contributed by atoms with E-state index in [-0.39, 0.29) is 12.2 Å². The number of hydrogen-bond donors (Lipinski definition) is 1. The lowest BCUT2D eigenvalue weighted by Crippen LogP contribution is -2.04. The monoisotopic (exact) mass is 264 g/mol. The molecule has 0 aliphatic rings. The lowest BCUT2D eigenvalue weighted by molar-refractivity contribution is 0.177. The molecule has 0 saturated carbocycles. The third-order valence-corrected chi connectivity index (χ3v) is 3.28. The molecule has 2 rings (SSSR count). The molecule has 0 radical (unpaired) electrons. The standard InChI is InChI=1S/C15H14ClFO/c1-10-5-7-11(8-6-10)15(18)9-12-13(16)3-2-4-14(12)17/h2-8,15,18H,9H2,1H3. The van der Waals surface area contributed by atoms with Crippen LogP contribution in [0, 0.1) is 12.7 Å². The van der Waals surface area contributed by atoms with Crippen LogP contribution in [-0.4, -0.2) is 5.11 Å². The Labute approximate surface area is 111 Å². The van der Waals surface area contributed by atoms with E-state index < -0.39 is 6.10 Å². The van der Waals surface area contributed by atoms with Gasteiger partial charge in [0, 0.05) is 17.0 Å². The van der Waals surface area contributed by atoms with Gasteiger partial charge in [-0.15, -0.1) is 0 Å². The first kappa shape index (κ1) is 13.1. The summed E-state index contributed by atoms with van der Waals surface area (Å²) >= 11 is 5.94. The van der Waals surface area contributed by atoms with Crippen molar-refractivity contribution in [2.75, 3.05) is 0 Å². The van der Waals surface area contributed by atoms with Crippen molar-refractivity contribution in [1.29, 1.82) is 0 Å². The van der Waals surface area contributed by atoms with E-state index in [1.54, 1.807) is 12.1 Å². The van der Waals surface area contributed by atoms with Gasteiger partial charge in [0.25, 0.3) is 0 Å². The number of aliphatic hydroxyl groups excluding tert-OH is 1. The SMILES string of the molecule is Cc1ccc(C(O)Cc2c(F)cccc2Cl)cc1. The second kappa shape index (κ2) is 5.51. The van der Waals surface area contributed by atoms with Gasteiger partial charge in [0.05, 0.1) is 6.10 Å². The normalized spacial score (nSPS) is 12.4. The highest BCUT2D eigenvalue weighted by Gasteiger charge is 2.14. The third kappa shape index (κ3) is 2.89. The zero-order valence-corrected chi connectivity index (χ0v) is 10.8. The summed E-state index contributed by atoms with van der Waals surface area (Å²) in [6.45, 7) is 1.98. The Morgan fingerprint density at radius 2 is 1.83 bits per heavy atom. The van der Waals surface area contributed by atoms with Gasteiger partial charge in [-0.05, 0) is 24.6 Å². The fourth-order valence-electron chi connectivity index (χ4n) is 1.83. The smallest absolute Gasteiger partial charge is 0.127 e. The van der Waals surface area contributed by atoms with Crippen molar-refractivity contribution in [3.8, 4) is 0 Å². The zero-order chi connectivity index (χ0) is 13.1. The maximum absolute atomic E-state index is 13.6. The zero-order valence-electron chi connectivity index (χ0n) is 10.0. The molecule has 0 saturated heterocycles. The van der Waals surface area contributed by atoms with E-state index in [1.165, 1.54) is 6.07 Å². The Kier molecular flexibility index (Phi) is 4.00. The highest BCUT2D eigenvalue weighted by molar-refractivity contribution is 6.31. The van der Waals surface area contributed by atoms with Crippen LogP contribution in [0.2, 0.25) is 5.02 Å². The lowest BCUT2D eigenvalue weighted by Gasteiger charge is -2.13. The number of halogens is 2. The van der Waals surface area contributed by atoms with Crippen LogP contribution < -0.4 is 0 Å². The van der Waals surface area contributed by atoms with Crippen molar-refractivity contribution in [1.82, 2.24) is 0 Å². The number of hydrogen-bond acceptors (Lipinski definition) is 1. The Morgan fingerprint density at radius 1 is 1.17 bits per heavy atom. The van der Waals surface area contributed by atoms with Crippen LogP contribution in [0.4, 0.5) is 4.39 Å². The average Bonchev–Trinajstić information content (AvgIpc) is 2.34. The molecule has 18 heavy (non-hydrogen) atoms. The van der Waals surface area contributed by atoms with Crippen molar-refractivity contribution in [3.63, 3.8) is 0 Å². The van der Waals surface area contributed by atoms with E-state index in [9.17, 15) is 9.50 Å². The van der Waals surface area contributed by atoms with Crippen LogP contribution in [0.25, 0.3) is 0 Å². The Balaban J connectivity index is 2.21. The first-order valence-corrected chi connectivity index (χ1v) is 6.13. The van der Waals surface area contributed by atoms with E-state index >= 15 is 0 Å². The molecule has 0 aliphatic carbocycles. The Bertz CT molecular complexity index is 516. The van der Waals surface area contributed by atoms with Crippen LogP contribution in [0.3, 0.4) is 0 Å². The third-order valence-electron chi connectivity index (χ3n) is 2.92. The molecule has 0 aromatic heterocycles.